The first-order valence-corrected chi connectivity index (χ1v) is 4.20. The number of Topliss-reactive ketones (excluding diaryl/α,β-unsaturated/α-hetero) is 2. The van der Waals surface area contributed by atoms with E-state index in [-0.39, 0.29) is 0 Å². The Morgan fingerprint density at radius 3 is 1.50 bits per heavy atom. The fourth-order valence-corrected chi connectivity index (χ4v) is 0.664. The van der Waals surface area contributed by atoms with Gasteiger partial charge < -0.3 is 5.53 Å². The second kappa shape index (κ2) is 6.38. The third kappa shape index (κ3) is 7.30. The predicted molar refractivity (Wildman–Crippen MR) is 46.4 cm³/mol. The van der Waals surface area contributed by atoms with E-state index in [1.54, 1.807) is 0 Å². The highest BCUT2D eigenvalue weighted by molar-refractivity contribution is 5.94. The standard InChI is InChI=1S/C8H10N2O6/c1-5(11)3-7(13)15-10(9)16-8(14)4-6(2)12/h3-4H2,1-2H3. The van der Waals surface area contributed by atoms with Gasteiger partial charge in [-0.15, -0.1) is 0 Å². The van der Waals surface area contributed by atoms with Crippen LogP contribution in [0.1, 0.15) is 26.7 Å². The lowest BCUT2D eigenvalue weighted by Crippen LogP contribution is -2.21. The van der Waals surface area contributed by atoms with Gasteiger partial charge in [0.25, 0.3) is 0 Å². The van der Waals surface area contributed by atoms with Crippen LogP contribution in [0.4, 0.5) is 0 Å². The molecule has 0 unspecified atom stereocenters. The van der Waals surface area contributed by atoms with Crippen molar-refractivity contribution in [1.29, 1.82) is 0 Å². The molecule has 8 heteroatoms. The zero-order chi connectivity index (χ0) is 12.7. The third-order valence-electron chi connectivity index (χ3n) is 1.15. The Balaban J connectivity index is 3.99. The molecule has 0 saturated carbocycles. The number of nitrogens with zero attached hydrogens (tertiary/aromatic N) is 2. The minimum absolute atomic E-state index is 0.478. The van der Waals surface area contributed by atoms with Crippen LogP contribution in [0.2, 0.25) is 0 Å². The molecule has 0 N–H and O–H groups in total. The van der Waals surface area contributed by atoms with Crippen molar-refractivity contribution >= 4 is 23.5 Å². The second-order valence-corrected chi connectivity index (χ2v) is 2.92. The SMILES string of the molecule is CC(=O)CC(=O)O[N+](=[N-])OC(=O)CC(C)=O. The second-order valence-electron chi connectivity index (χ2n) is 2.92. The van der Waals surface area contributed by atoms with Crippen LogP contribution in [0.25, 0.3) is 5.53 Å². The van der Waals surface area contributed by atoms with E-state index < -0.39 is 41.4 Å². The summed E-state index contributed by atoms with van der Waals surface area (Å²) in [5.74, 6) is -3.14. The molecule has 0 aromatic rings. The Bertz CT molecular complexity index is 316. The van der Waals surface area contributed by atoms with E-state index in [4.69, 9.17) is 5.53 Å². The van der Waals surface area contributed by atoms with E-state index in [1.807, 2.05) is 0 Å². The summed E-state index contributed by atoms with van der Waals surface area (Å²) in [7, 11) is 0. The average Bonchev–Trinajstić information content (AvgIpc) is 1.97. The van der Waals surface area contributed by atoms with Gasteiger partial charge in [-0.2, -0.15) is 9.68 Å². The molecule has 0 atom stereocenters. The summed E-state index contributed by atoms with van der Waals surface area (Å²) < 4.78 is 0. The number of ketones is 2. The summed E-state index contributed by atoms with van der Waals surface area (Å²) in [6, 6.07) is 0. The maximum Gasteiger partial charge on any atom is 0.392 e. The van der Waals surface area contributed by atoms with Gasteiger partial charge in [0.05, 0.1) is 0 Å². The molecule has 0 radical (unpaired) electrons. The molecule has 0 aliphatic carbocycles. The van der Waals surface area contributed by atoms with Crippen molar-refractivity contribution in [3.8, 4) is 0 Å². The minimum Gasteiger partial charge on any atom is -0.390 e. The molecule has 0 aromatic carbocycles. The van der Waals surface area contributed by atoms with Gasteiger partial charge in [0.1, 0.15) is 29.4 Å². The molecule has 0 amide bonds. The van der Waals surface area contributed by atoms with E-state index in [1.165, 1.54) is 0 Å². The number of carbonyl (C=O) groups is 4. The van der Waals surface area contributed by atoms with Crippen LogP contribution < -0.4 is 0 Å². The summed E-state index contributed by atoms with van der Waals surface area (Å²) in [5.41, 5.74) is 8.74. The van der Waals surface area contributed by atoms with Crippen LogP contribution in [0.5, 0.6) is 0 Å². The van der Waals surface area contributed by atoms with Gasteiger partial charge in [-0.1, -0.05) is 0 Å². The summed E-state index contributed by atoms with van der Waals surface area (Å²) in [5, 5.41) is -0.490. The van der Waals surface area contributed by atoms with Crippen molar-refractivity contribution in [3.63, 3.8) is 0 Å². The molecule has 16 heavy (non-hydrogen) atoms. The molecule has 88 valence electrons. The minimum atomic E-state index is -1.09. The lowest BCUT2D eigenvalue weighted by atomic mass is 10.3. The lowest BCUT2D eigenvalue weighted by Gasteiger charge is -1.99. The molecular weight excluding hydrogens is 220 g/mol. The van der Waals surface area contributed by atoms with E-state index >= 15 is 0 Å². The molecule has 0 spiro atoms. The normalized spacial score (nSPS) is 9.12. The molecule has 0 saturated heterocycles. The van der Waals surface area contributed by atoms with Crippen LogP contribution >= 0.6 is 0 Å². The zero-order valence-corrected chi connectivity index (χ0v) is 8.76. The molecule has 0 aromatic heterocycles. The quantitative estimate of drug-likeness (QED) is 0.357. The summed E-state index contributed by atoms with van der Waals surface area (Å²) in [4.78, 5) is 50.4. The first-order chi connectivity index (χ1) is 7.31. The Morgan fingerprint density at radius 2 is 1.25 bits per heavy atom. The zero-order valence-electron chi connectivity index (χ0n) is 8.76. The molecule has 0 rings (SSSR count). The highest BCUT2D eigenvalue weighted by Crippen LogP contribution is 1.94. The van der Waals surface area contributed by atoms with Gasteiger partial charge in [0.15, 0.2) is 0 Å². The molecular formula is C8H10N2O6. The molecule has 0 aliphatic rings. The molecule has 0 fully saturated rings. The summed E-state index contributed by atoms with van der Waals surface area (Å²) in [6.07, 6.45) is -1.14. The average molecular weight is 230 g/mol. The van der Waals surface area contributed by atoms with E-state index in [2.05, 4.69) is 9.68 Å². The number of rotatable bonds is 6. The van der Waals surface area contributed by atoms with Gasteiger partial charge in [-0.05, 0) is 13.8 Å². The summed E-state index contributed by atoms with van der Waals surface area (Å²) >= 11 is 0. The Labute approximate surface area is 90.5 Å². The van der Waals surface area contributed by atoms with Crippen molar-refractivity contribution in [2.75, 3.05) is 0 Å². The van der Waals surface area contributed by atoms with Crippen LogP contribution in [0.15, 0.2) is 0 Å². The van der Waals surface area contributed by atoms with Crippen molar-refractivity contribution < 1.29 is 33.9 Å². The van der Waals surface area contributed by atoms with Gasteiger partial charge in [-0.25, -0.2) is 9.59 Å². The van der Waals surface area contributed by atoms with Gasteiger partial charge in [0, 0.05) is 0 Å². The topological polar surface area (TPSA) is 112 Å². The number of carbonyl (C=O) groups excluding carboxylic acids is 4. The molecule has 8 nitrogen and oxygen atoms in total. The fraction of sp³-hybridized carbons (Fsp3) is 0.500. The number of hydrogen-bond acceptors (Lipinski definition) is 6. The summed E-state index contributed by atoms with van der Waals surface area (Å²) in [6.45, 7) is 2.29. The van der Waals surface area contributed by atoms with E-state index in [0.29, 0.717) is 0 Å². The number of hydrogen-bond donors (Lipinski definition) is 0. The maximum absolute atomic E-state index is 10.8. The highest BCUT2D eigenvalue weighted by Gasteiger charge is 2.18. The largest absolute Gasteiger partial charge is 0.392 e. The van der Waals surface area contributed by atoms with Crippen molar-refractivity contribution in [3.05, 3.63) is 5.53 Å². The maximum atomic E-state index is 10.8. The molecule has 0 aliphatic heterocycles. The van der Waals surface area contributed by atoms with Crippen molar-refractivity contribution in [2.24, 2.45) is 0 Å². The third-order valence-corrected chi connectivity index (χ3v) is 1.15. The monoisotopic (exact) mass is 230 g/mol. The van der Waals surface area contributed by atoms with Gasteiger partial charge >= 0.3 is 11.9 Å². The van der Waals surface area contributed by atoms with Crippen LogP contribution in [0, 0.1) is 0 Å². The van der Waals surface area contributed by atoms with Crippen LogP contribution in [0.3, 0.4) is 0 Å². The van der Waals surface area contributed by atoms with Gasteiger partial charge in [0.2, 0.25) is 0 Å². The predicted octanol–water partition coefficient (Wildman–Crippen LogP) is -0.105. The van der Waals surface area contributed by atoms with E-state index in [9.17, 15) is 19.2 Å². The first-order valence-electron chi connectivity index (χ1n) is 4.20. The Morgan fingerprint density at radius 1 is 0.938 bits per heavy atom. The van der Waals surface area contributed by atoms with Gasteiger partial charge in [-0.3, -0.25) is 9.59 Å². The van der Waals surface area contributed by atoms with Crippen LogP contribution in [-0.4, -0.2) is 28.5 Å². The Hall–Kier alpha value is -2.12. The van der Waals surface area contributed by atoms with Crippen LogP contribution in [-0.2, 0) is 28.9 Å². The molecule has 0 bridgehead atoms. The fourth-order valence-electron chi connectivity index (χ4n) is 0.664. The highest BCUT2D eigenvalue weighted by atomic mass is 17.0. The Kier molecular flexibility index (Phi) is 5.53. The van der Waals surface area contributed by atoms with E-state index in [0.717, 1.165) is 13.8 Å². The van der Waals surface area contributed by atoms with Crippen molar-refractivity contribution in [1.82, 2.24) is 0 Å². The first kappa shape index (κ1) is 13.9. The molecule has 0 heterocycles. The lowest BCUT2D eigenvalue weighted by molar-refractivity contribution is -0.945. The van der Waals surface area contributed by atoms with Crippen molar-refractivity contribution in [2.45, 2.75) is 26.7 Å². The smallest absolute Gasteiger partial charge is 0.390 e.